The second kappa shape index (κ2) is 7.49. The van der Waals surface area contributed by atoms with Gasteiger partial charge >= 0.3 is 11.9 Å². The SMILES string of the molecule is O=C(O)C=Cc1ccc(O)c(OC2O[C@H](C(=O)O)[C@@H](O)[C@H](O)[C@H]2O)c1. The molecular formula is C15H16O10. The van der Waals surface area contributed by atoms with E-state index in [1.165, 1.54) is 24.3 Å². The molecule has 0 radical (unpaired) electrons. The molecule has 1 aromatic rings. The van der Waals surface area contributed by atoms with Crippen LogP contribution in [0.4, 0.5) is 0 Å². The van der Waals surface area contributed by atoms with E-state index in [-0.39, 0.29) is 5.75 Å². The van der Waals surface area contributed by atoms with Crippen LogP contribution >= 0.6 is 0 Å². The Balaban J connectivity index is 2.23. The third-order valence-electron chi connectivity index (χ3n) is 3.46. The zero-order chi connectivity index (χ0) is 18.7. The summed E-state index contributed by atoms with van der Waals surface area (Å²) in [7, 11) is 0. The van der Waals surface area contributed by atoms with Crippen molar-refractivity contribution in [1.29, 1.82) is 0 Å². The summed E-state index contributed by atoms with van der Waals surface area (Å²) < 4.78 is 10.1. The second-order valence-electron chi connectivity index (χ2n) is 5.25. The van der Waals surface area contributed by atoms with Gasteiger partial charge in [0.05, 0.1) is 0 Å². The van der Waals surface area contributed by atoms with Gasteiger partial charge in [0, 0.05) is 6.08 Å². The minimum Gasteiger partial charge on any atom is -0.504 e. The zero-order valence-corrected chi connectivity index (χ0v) is 12.6. The molecule has 1 aliphatic rings. The molecular weight excluding hydrogens is 340 g/mol. The molecule has 10 nitrogen and oxygen atoms in total. The van der Waals surface area contributed by atoms with Gasteiger partial charge in [-0.1, -0.05) is 6.07 Å². The van der Waals surface area contributed by atoms with Crippen molar-refractivity contribution in [3.05, 3.63) is 29.8 Å². The van der Waals surface area contributed by atoms with Gasteiger partial charge in [0.2, 0.25) is 6.29 Å². The average Bonchev–Trinajstić information content (AvgIpc) is 2.55. The molecule has 0 bridgehead atoms. The Labute approximate surface area is 140 Å². The molecule has 0 saturated carbocycles. The summed E-state index contributed by atoms with van der Waals surface area (Å²) in [4.78, 5) is 21.6. The number of aliphatic carboxylic acids is 2. The fourth-order valence-corrected chi connectivity index (χ4v) is 2.17. The Morgan fingerprint density at radius 3 is 2.36 bits per heavy atom. The molecule has 1 unspecified atom stereocenters. The normalized spacial score (nSPS) is 29.5. The lowest BCUT2D eigenvalue weighted by molar-refractivity contribution is -0.271. The van der Waals surface area contributed by atoms with Crippen LogP contribution in [0, 0.1) is 0 Å². The summed E-state index contributed by atoms with van der Waals surface area (Å²) >= 11 is 0. The number of aliphatic hydroxyl groups is 3. The van der Waals surface area contributed by atoms with Crippen molar-refractivity contribution in [2.75, 3.05) is 0 Å². The van der Waals surface area contributed by atoms with Crippen molar-refractivity contribution in [2.24, 2.45) is 0 Å². The molecule has 1 fully saturated rings. The van der Waals surface area contributed by atoms with Gasteiger partial charge in [-0.15, -0.1) is 0 Å². The maximum Gasteiger partial charge on any atom is 0.335 e. The lowest BCUT2D eigenvalue weighted by atomic mass is 9.99. The van der Waals surface area contributed by atoms with E-state index < -0.39 is 48.4 Å². The molecule has 0 spiro atoms. The van der Waals surface area contributed by atoms with Crippen molar-refractivity contribution in [3.8, 4) is 11.5 Å². The summed E-state index contributed by atoms with van der Waals surface area (Å²) in [6, 6.07) is 3.79. The first kappa shape index (κ1) is 18.7. The maximum absolute atomic E-state index is 11.0. The number of rotatable bonds is 5. The van der Waals surface area contributed by atoms with Crippen LogP contribution in [0.15, 0.2) is 24.3 Å². The number of hydrogen-bond donors (Lipinski definition) is 6. The highest BCUT2D eigenvalue weighted by Crippen LogP contribution is 2.31. The largest absolute Gasteiger partial charge is 0.504 e. The van der Waals surface area contributed by atoms with Gasteiger partial charge in [-0.2, -0.15) is 0 Å². The number of ether oxygens (including phenoxy) is 2. The van der Waals surface area contributed by atoms with Crippen LogP contribution in [0.5, 0.6) is 11.5 Å². The number of phenolic OH excluding ortho intramolecular Hbond substituents is 1. The van der Waals surface area contributed by atoms with Gasteiger partial charge in [0.15, 0.2) is 17.6 Å². The highest BCUT2D eigenvalue weighted by atomic mass is 16.7. The molecule has 1 aliphatic heterocycles. The third kappa shape index (κ3) is 4.25. The number of carboxylic acid groups (broad SMARTS) is 2. The molecule has 0 amide bonds. The second-order valence-corrected chi connectivity index (χ2v) is 5.25. The summed E-state index contributed by atoms with van der Waals surface area (Å²) in [5, 5.41) is 56.6. The average molecular weight is 356 g/mol. The Hall–Kier alpha value is -2.66. The quantitative estimate of drug-likeness (QED) is 0.350. The molecule has 6 N–H and O–H groups in total. The molecule has 10 heteroatoms. The van der Waals surface area contributed by atoms with Crippen LogP contribution in [0.25, 0.3) is 6.08 Å². The first-order valence-corrected chi connectivity index (χ1v) is 7.04. The lowest BCUT2D eigenvalue weighted by Gasteiger charge is -2.38. The number of phenols is 1. The molecule has 1 aromatic carbocycles. The van der Waals surface area contributed by atoms with Crippen molar-refractivity contribution >= 4 is 18.0 Å². The fraction of sp³-hybridized carbons (Fsp3) is 0.333. The number of aromatic hydroxyl groups is 1. The minimum atomic E-state index is -1.87. The van der Waals surface area contributed by atoms with Crippen LogP contribution < -0.4 is 4.74 Å². The van der Waals surface area contributed by atoms with Crippen LogP contribution in [0.1, 0.15) is 5.56 Å². The van der Waals surface area contributed by atoms with E-state index in [9.17, 15) is 30.0 Å². The van der Waals surface area contributed by atoms with Crippen molar-refractivity contribution in [1.82, 2.24) is 0 Å². The number of hydrogen-bond acceptors (Lipinski definition) is 8. The summed E-state index contributed by atoms with van der Waals surface area (Å²) in [6.45, 7) is 0. The van der Waals surface area contributed by atoms with E-state index in [0.717, 1.165) is 6.08 Å². The van der Waals surface area contributed by atoms with E-state index >= 15 is 0 Å². The van der Waals surface area contributed by atoms with E-state index in [4.69, 9.17) is 19.7 Å². The minimum absolute atomic E-state index is 0.246. The molecule has 2 rings (SSSR count). The summed E-state index contributed by atoms with van der Waals surface area (Å²) in [5.41, 5.74) is 0.330. The van der Waals surface area contributed by atoms with Crippen molar-refractivity contribution in [2.45, 2.75) is 30.7 Å². The smallest absolute Gasteiger partial charge is 0.335 e. The van der Waals surface area contributed by atoms with Crippen LogP contribution in [0.2, 0.25) is 0 Å². The number of carboxylic acids is 2. The predicted octanol–water partition coefficient (Wildman–Crippen LogP) is -1.24. The molecule has 1 heterocycles. The van der Waals surface area contributed by atoms with Crippen LogP contribution in [0.3, 0.4) is 0 Å². The highest BCUT2D eigenvalue weighted by molar-refractivity contribution is 5.85. The topological polar surface area (TPSA) is 174 Å². The molecule has 0 aliphatic carbocycles. The summed E-state index contributed by atoms with van der Waals surface area (Å²) in [5.74, 6) is -3.41. The number of aliphatic hydroxyl groups excluding tert-OH is 3. The summed E-state index contributed by atoms with van der Waals surface area (Å²) in [6.07, 6.45) is -6.98. The first-order valence-electron chi connectivity index (χ1n) is 7.04. The maximum atomic E-state index is 11.0. The monoisotopic (exact) mass is 356 g/mol. The Morgan fingerprint density at radius 1 is 1.08 bits per heavy atom. The molecule has 0 aromatic heterocycles. The van der Waals surface area contributed by atoms with E-state index in [2.05, 4.69) is 0 Å². The van der Waals surface area contributed by atoms with Gasteiger partial charge in [-0.05, 0) is 23.8 Å². The Kier molecular flexibility index (Phi) is 5.59. The van der Waals surface area contributed by atoms with Gasteiger partial charge in [0.1, 0.15) is 18.3 Å². The number of carbonyl (C=O) groups is 2. The first-order chi connectivity index (χ1) is 11.7. The standard InChI is InChI=1S/C15H16O10/c16-7-3-1-6(2-4-9(17)18)5-8(7)24-15-12(21)10(19)11(20)13(25-15)14(22)23/h1-5,10-13,15-16,19-21H,(H,17,18)(H,22,23)/t10-,11-,12+,13-,15?/m0/s1. The predicted molar refractivity (Wildman–Crippen MR) is 79.7 cm³/mol. The van der Waals surface area contributed by atoms with Gasteiger partial charge in [-0.25, -0.2) is 9.59 Å². The lowest BCUT2D eigenvalue weighted by Crippen LogP contribution is -2.61. The van der Waals surface area contributed by atoms with E-state index in [1.54, 1.807) is 0 Å². The molecule has 25 heavy (non-hydrogen) atoms. The van der Waals surface area contributed by atoms with Crippen LogP contribution in [-0.2, 0) is 14.3 Å². The zero-order valence-electron chi connectivity index (χ0n) is 12.6. The van der Waals surface area contributed by atoms with E-state index in [0.29, 0.717) is 5.56 Å². The van der Waals surface area contributed by atoms with Gasteiger partial charge in [-0.3, -0.25) is 0 Å². The van der Waals surface area contributed by atoms with Gasteiger partial charge in [0.25, 0.3) is 0 Å². The van der Waals surface area contributed by atoms with Crippen LogP contribution in [-0.4, -0.2) is 73.3 Å². The number of benzene rings is 1. The molecule has 5 atom stereocenters. The fourth-order valence-electron chi connectivity index (χ4n) is 2.17. The Morgan fingerprint density at radius 2 is 1.76 bits per heavy atom. The highest BCUT2D eigenvalue weighted by Gasteiger charge is 2.48. The van der Waals surface area contributed by atoms with Gasteiger partial charge < -0.3 is 40.1 Å². The third-order valence-corrected chi connectivity index (χ3v) is 3.46. The van der Waals surface area contributed by atoms with E-state index in [1.807, 2.05) is 0 Å². The molecule has 136 valence electrons. The Bertz CT molecular complexity index is 685. The molecule has 1 saturated heterocycles. The van der Waals surface area contributed by atoms with Crippen molar-refractivity contribution < 1.29 is 49.7 Å². The van der Waals surface area contributed by atoms with Crippen molar-refractivity contribution in [3.63, 3.8) is 0 Å².